The minimum Gasteiger partial charge on any atom is -0.458 e. The molecule has 0 saturated carbocycles. The quantitative estimate of drug-likeness (QED) is 0.485. The lowest BCUT2D eigenvalue weighted by Gasteiger charge is -2.02. The number of carbonyl (C=O) groups excluding carboxylic acids is 1. The van der Waals surface area contributed by atoms with Gasteiger partial charge in [0.05, 0.1) is 0 Å². The van der Waals surface area contributed by atoms with Crippen molar-refractivity contribution in [2.75, 3.05) is 6.61 Å². The maximum absolute atomic E-state index is 10.8. The Morgan fingerprint density at radius 2 is 2.18 bits per heavy atom. The second-order valence-corrected chi connectivity index (χ2v) is 2.53. The monoisotopic (exact) mass is 174 g/mol. The van der Waals surface area contributed by atoms with Crippen LogP contribution in [0.2, 0.25) is 0 Å². The lowest BCUT2D eigenvalue weighted by Crippen LogP contribution is -2.06. The Hall–Kier alpha value is -0.760. The van der Waals surface area contributed by atoms with Crippen LogP contribution in [0.15, 0.2) is 23.3 Å². The van der Waals surface area contributed by atoms with E-state index in [1.54, 1.807) is 13.8 Å². The molecular formula is C8H11ClO2. The van der Waals surface area contributed by atoms with Crippen LogP contribution in [0, 0.1) is 0 Å². The molecule has 0 aromatic carbocycles. The maximum atomic E-state index is 10.8. The number of halogens is 1. The topological polar surface area (TPSA) is 26.3 Å². The van der Waals surface area contributed by atoms with Crippen molar-refractivity contribution in [2.45, 2.75) is 13.8 Å². The van der Waals surface area contributed by atoms with Crippen molar-refractivity contribution in [1.82, 2.24) is 0 Å². The molecule has 0 aliphatic heterocycles. The zero-order chi connectivity index (χ0) is 8.85. The molecule has 2 nitrogen and oxygen atoms in total. The fourth-order valence-corrected chi connectivity index (χ4v) is 0.397. The van der Waals surface area contributed by atoms with Gasteiger partial charge in [-0.05, 0) is 19.4 Å². The zero-order valence-electron chi connectivity index (χ0n) is 6.69. The third-order valence-corrected chi connectivity index (χ3v) is 1.34. The van der Waals surface area contributed by atoms with Crippen LogP contribution in [0.5, 0.6) is 0 Å². The van der Waals surface area contributed by atoms with Crippen molar-refractivity contribution >= 4 is 17.6 Å². The number of ether oxygens (including phenoxy) is 1. The second-order valence-electron chi connectivity index (χ2n) is 2.31. The molecule has 0 bridgehead atoms. The van der Waals surface area contributed by atoms with E-state index in [1.165, 1.54) is 5.54 Å². The summed E-state index contributed by atoms with van der Waals surface area (Å²) in [5.74, 6) is -0.386. The SMILES string of the molecule is C=C(C)C(=O)OC/C(C)=C/Cl. The first-order valence-corrected chi connectivity index (χ1v) is 3.60. The van der Waals surface area contributed by atoms with Crippen LogP contribution >= 0.6 is 11.6 Å². The molecule has 0 spiro atoms. The molecular weight excluding hydrogens is 164 g/mol. The van der Waals surface area contributed by atoms with Gasteiger partial charge < -0.3 is 4.74 Å². The molecule has 0 aromatic rings. The van der Waals surface area contributed by atoms with Gasteiger partial charge in [-0.15, -0.1) is 0 Å². The Bertz CT molecular complexity index is 194. The zero-order valence-corrected chi connectivity index (χ0v) is 7.44. The molecule has 0 atom stereocenters. The average Bonchev–Trinajstić information content (AvgIpc) is 1.99. The Morgan fingerprint density at radius 3 is 2.55 bits per heavy atom. The van der Waals surface area contributed by atoms with Crippen LogP contribution in [0.25, 0.3) is 0 Å². The average molecular weight is 175 g/mol. The molecule has 0 aliphatic rings. The summed E-state index contributed by atoms with van der Waals surface area (Å²) in [7, 11) is 0. The van der Waals surface area contributed by atoms with Crippen LogP contribution in [0.3, 0.4) is 0 Å². The summed E-state index contributed by atoms with van der Waals surface area (Å²) in [4.78, 5) is 10.8. The van der Waals surface area contributed by atoms with Crippen LogP contribution in [0.1, 0.15) is 13.8 Å². The van der Waals surface area contributed by atoms with Crippen LogP contribution in [-0.2, 0) is 9.53 Å². The van der Waals surface area contributed by atoms with Gasteiger partial charge in [0.1, 0.15) is 6.61 Å². The second kappa shape index (κ2) is 4.97. The Labute approximate surface area is 71.5 Å². The van der Waals surface area contributed by atoms with E-state index in [0.29, 0.717) is 5.57 Å². The van der Waals surface area contributed by atoms with Gasteiger partial charge in [0.15, 0.2) is 0 Å². The molecule has 0 aromatic heterocycles. The van der Waals surface area contributed by atoms with Crippen molar-refractivity contribution in [3.8, 4) is 0 Å². The fraction of sp³-hybridized carbons (Fsp3) is 0.375. The highest BCUT2D eigenvalue weighted by molar-refractivity contribution is 6.25. The van der Waals surface area contributed by atoms with Gasteiger partial charge in [0, 0.05) is 11.1 Å². The molecule has 0 aliphatic carbocycles. The molecule has 3 heteroatoms. The fourth-order valence-electron chi connectivity index (χ4n) is 0.334. The highest BCUT2D eigenvalue weighted by Crippen LogP contribution is 1.99. The Balaban J connectivity index is 3.72. The maximum Gasteiger partial charge on any atom is 0.333 e. The van der Waals surface area contributed by atoms with E-state index in [2.05, 4.69) is 6.58 Å². The molecule has 0 saturated heterocycles. The Kier molecular flexibility index (Phi) is 4.62. The van der Waals surface area contributed by atoms with Gasteiger partial charge in [0.25, 0.3) is 0 Å². The first-order chi connectivity index (χ1) is 5.07. The number of esters is 1. The van der Waals surface area contributed by atoms with E-state index in [-0.39, 0.29) is 12.6 Å². The molecule has 0 rings (SSSR count). The highest BCUT2D eigenvalue weighted by Gasteiger charge is 2.01. The first kappa shape index (κ1) is 10.2. The number of rotatable bonds is 3. The first-order valence-electron chi connectivity index (χ1n) is 3.16. The van der Waals surface area contributed by atoms with Crippen molar-refractivity contribution in [2.24, 2.45) is 0 Å². The van der Waals surface area contributed by atoms with E-state index >= 15 is 0 Å². The third-order valence-electron chi connectivity index (χ3n) is 0.966. The smallest absolute Gasteiger partial charge is 0.333 e. The van der Waals surface area contributed by atoms with Crippen molar-refractivity contribution < 1.29 is 9.53 Å². The van der Waals surface area contributed by atoms with Crippen LogP contribution in [0.4, 0.5) is 0 Å². The summed E-state index contributed by atoms with van der Waals surface area (Å²) in [6.07, 6.45) is 0. The van der Waals surface area contributed by atoms with Crippen molar-refractivity contribution in [3.63, 3.8) is 0 Å². The minimum atomic E-state index is -0.386. The standard InChI is InChI=1S/C8H11ClO2/c1-6(2)8(10)11-5-7(3)4-9/h4H,1,5H2,2-3H3/b7-4+. The van der Waals surface area contributed by atoms with E-state index in [0.717, 1.165) is 5.57 Å². The summed E-state index contributed by atoms with van der Waals surface area (Å²) in [5, 5.41) is 0. The summed E-state index contributed by atoms with van der Waals surface area (Å²) in [5.41, 5.74) is 2.58. The molecule has 0 unspecified atom stereocenters. The number of carbonyl (C=O) groups is 1. The lowest BCUT2D eigenvalue weighted by molar-refractivity contribution is -0.137. The number of hydrogen-bond donors (Lipinski definition) is 0. The van der Waals surface area contributed by atoms with Crippen LogP contribution < -0.4 is 0 Å². The lowest BCUT2D eigenvalue weighted by atomic mass is 10.3. The largest absolute Gasteiger partial charge is 0.458 e. The summed E-state index contributed by atoms with van der Waals surface area (Å²) in [6.45, 7) is 7.04. The minimum absolute atomic E-state index is 0.231. The normalized spacial score (nSPS) is 11.0. The van der Waals surface area contributed by atoms with Crippen molar-refractivity contribution in [1.29, 1.82) is 0 Å². The van der Waals surface area contributed by atoms with Gasteiger partial charge >= 0.3 is 5.97 Å². The third kappa shape index (κ3) is 4.62. The number of hydrogen-bond acceptors (Lipinski definition) is 2. The predicted molar refractivity (Wildman–Crippen MR) is 45.4 cm³/mol. The van der Waals surface area contributed by atoms with Gasteiger partial charge in [0.2, 0.25) is 0 Å². The van der Waals surface area contributed by atoms with E-state index in [1.807, 2.05) is 0 Å². The molecule has 0 radical (unpaired) electrons. The molecule has 11 heavy (non-hydrogen) atoms. The summed E-state index contributed by atoms with van der Waals surface area (Å²) < 4.78 is 4.76. The van der Waals surface area contributed by atoms with Gasteiger partial charge in [-0.25, -0.2) is 4.79 Å². The summed E-state index contributed by atoms with van der Waals surface area (Å²) >= 11 is 5.34. The molecule has 0 amide bonds. The van der Waals surface area contributed by atoms with E-state index in [9.17, 15) is 4.79 Å². The van der Waals surface area contributed by atoms with Gasteiger partial charge in [-0.1, -0.05) is 18.2 Å². The van der Waals surface area contributed by atoms with E-state index in [4.69, 9.17) is 16.3 Å². The highest BCUT2D eigenvalue weighted by atomic mass is 35.5. The van der Waals surface area contributed by atoms with Gasteiger partial charge in [-0.2, -0.15) is 0 Å². The molecule has 0 N–H and O–H groups in total. The Morgan fingerprint density at radius 1 is 1.64 bits per heavy atom. The van der Waals surface area contributed by atoms with E-state index < -0.39 is 0 Å². The molecule has 0 heterocycles. The predicted octanol–water partition coefficient (Wildman–Crippen LogP) is 2.25. The van der Waals surface area contributed by atoms with Crippen LogP contribution in [-0.4, -0.2) is 12.6 Å². The molecule has 0 fully saturated rings. The molecule has 62 valence electrons. The van der Waals surface area contributed by atoms with Crippen molar-refractivity contribution in [3.05, 3.63) is 23.3 Å². The van der Waals surface area contributed by atoms with Gasteiger partial charge in [-0.3, -0.25) is 0 Å². The summed E-state index contributed by atoms with van der Waals surface area (Å²) in [6, 6.07) is 0.